The zero-order valence-electron chi connectivity index (χ0n) is 20.6. The molecule has 0 aliphatic carbocycles. The number of fused-ring (bicyclic) bond motifs is 4. The van der Waals surface area contributed by atoms with E-state index < -0.39 is 0 Å². The van der Waals surface area contributed by atoms with Crippen molar-refractivity contribution in [1.29, 1.82) is 0 Å². The average Bonchev–Trinajstić information content (AvgIpc) is 3.30. The smallest absolute Gasteiger partial charge is 0.411 e. The van der Waals surface area contributed by atoms with Crippen LogP contribution in [0.5, 0.6) is 0 Å². The molecule has 4 aliphatic rings. The van der Waals surface area contributed by atoms with Crippen LogP contribution in [0.2, 0.25) is 0 Å². The summed E-state index contributed by atoms with van der Waals surface area (Å²) in [4.78, 5) is 33.8. The van der Waals surface area contributed by atoms with Gasteiger partial charge in [-0.15, -0.1) is 5.92 Å². The van der Waals surface area contributed by atoms with Crippen LogP contribution in [0.15, 0.2) is 24.3 Å². The van der Waals surface area contributed by atoms with E-state index in [0.29, 0.717) is 6.04 Å². The second-order valence-corrected chi connectivity index (χ2v) is 10.5. The summed E-state index contributed by atoms with van der Waals surface area (Å²) < 4.78 is 5.39. The number of carbonyl (C=O) groups is 2. The fourth-order valence-electron chi connectivity index (χ4n) is 6.78. The number of para-hydroxylation sites is 1. The summed E-state index contributed by atoms with van der Waals surface area (Å²) in [6.07, 6.45) is 6.13. The van der Waals surface area contributed by atoms with Gasteiger partial charge in [-0.25, -0.2) is 9.59 Å². The van der Waals surface area contributed by atoms with E-state index in [1.54, 1.807) is 11.8 Å². The van der Waals surface area contributed by atoms with Gasteiger partial charge >= 0.3 is 12.1 Å². The van der Waals surface area contributed by atoms with Crippen LogP contribution >= 0.6 is 0 Å². The number of hydrogen-bond acceptors (Lipinski definition) is 4. The number of benzene rings is 1. The molecule has 0 saturated carbocycles. The average molecular weight is 465 g/mol. The summed E-state index contributed by atoms with van der Waals surface area (Å²) in [6.45, 7) is 4.79. The van der Waals surface area contributed by atoms with Crippen molar-refractivity contribution in [2.24, 2.45) is 0 Å². The van der Waals surface area contributed by atoms with Gasteiger partial charge in [0.25, 0.3) is 0 Å². The number of nitrogens with zero attached hydrogens (tertiary/aromatic N) is 4. The fraction of sp³-hybridized carbons (Fsp3) is 0.630. The molecule has 7 nitrogen and oxygen atoms in total. The van der Waals surface area contributed by atoms with E-state index in [-0.39, 0.29) is 36.2 Å². The van der Waals surface area contributed by atoms with Gasteiger partial charge in [0, 0.05) is 49.9 Å². The van der Waals surface area contributed by atoms with Gasteiger partial charge in [0.05, 0.1) is 0 Å². The maximum atomic E-state index is 12.9. The summed E-state index contributed by atoms with van der Waals surface area (Å²) >= 11 is 0. The minimum Gasteiger partial charge on any atom is -0.436 e. The Bertz CT molecular complexity index is 991. The Kier molecular flexibility index (Phi) is 6.20. The minimum atomic E-state index is -0.195. The molecular weight excluding hydrogens is 428 g/mol. The van der Waals surface area contributed by atoms with Crippen molar-refractivity contribution in [3.8, 4) is 11.8 Å². The first-order chi connectivity index (χ1) is 16.4. The molecule has 0 aromatic heterocycles. The van der Waals surface area contributed by atoms with Crippen molar-refractivity contribution in [1.82, 2.24) is 14.7 Å². The molecule has 34 heavy (non-hydrogen) atoms. The lowest BCUT2D eigenvalue weighted by Gasteiger charge is -2.47. The summed E-state index contributed by atoms with van der Waals surface area (Å²) in [5.74, 6) is 5.60. The molecule has 2 bridgehead atoms. The predicted molar refractivity (Wildman–Crippen MR) is 132 cm³/mol. The Morgan fingerprint density at radius 3 is 2.41 bits per heavy atom. The molecule has 0 radical (unpaired) electrons. The highest BCUT2D eigenvalue weighted by atomic mass is 16.6. The van der Waals surface area contributed by atoms with E-state index in [4.69, 9.17) is 4.74 Å². The second kappa shape index (κ2) is 9.14. The van der Waals surface area contributed by atoms with Crippen LogP contribution in [-0.2, 0) is 10.2 Å². The monoisotopic (exact) mass is 464 g/mol. The lowest BCUT2D eigenvalue weighted by molar-refractivity contribution is 0.0302. The zero-order valence-corrected chi connectivity index (χ0v) is 20.6. The molecule has 1 aromatic carbocycles. The number of carbonyl (C=O) groups excluding carboxylic acids is 2. The Labute approximate surface area is 203 Å². The Hall–Kier alpha value is -2.72. The maximum Gasteiger partial charge on any atom is 0.411 e. The molecule has 5 rings (SSSR count). The number of piperidine rings is 2. The molecule has 1 spiro atoms. The predicted octanol–water partition coefficient (Wildman–Crippen LogP) is 3.68. The number of hydrogen-bond donors (Lipinski definition) is 0. The SMILES string of the molecule is CC#CCOC(=O)N1C2CCC1CC(N1CCC3(CC1)CN(C(=O)N(C)C)c1ccccc13)C2. The van der Waals surface area contributed by atoms with Gasteiger partial charge in [0.2, 0.25) is 0 Å². The largest absolute Gasteiger partial charge is 0.436 e. The third-order valence-corrected chi connectivity index (χ3v) is 8.48. The molecule has 3 saturated heterocycles. The number of amides is 3. The van der Waals surface area contributed by atoms with E-state index in [0.717, 1.165) is 63.8 Å². The lowest BCUT2D eigenvalue weighted by Crippen LogP contribution is -2.55. The Morgan fingerprint density at radius 2 is 1.76 bits per heavy atom. The van der Waals surface area contributed by atoms with Gasteiger partial charge in [-0.1, -0.05) is 24.1 Å². The number of likely N-dealkylation sites (tertiary alicyclic amines) is 1. The molecular formula is C27H36N4O3. The molecule has 2 atom stereocenters. The topological polar surface area (TPSA) is 56.3 Å². The maximum absolute atomic E-state index is 12.9. The summed E-state index contributed by atoms with van der Waals surface area (Å²) in [7, 11) is 3.65. The molecule has 1 aromatic rings. The summed E-state index contributed by atoms with van der Waals surface area (Å²) in [5, 5.41) is 0. The highest BCUT2D eigenvalue weighted by Crippen LogP contribution is 2.48. The Morgan fingerprint density at radius 1 is 1.09 bits per heavy atom. The number of rotatable bonds is 2. The van der Waals surface area contributed by atoms with Crippen LogP contribution in [0.1, 0.15) is 51.0 Å². The van der Waals surface area contributed by atoms with Gasteiger partial charge in [-0.05, 0) is 70.2 Å². The molecule has 4 heterocycles. The molecule has 3 amide bonds. The van der Waals surface area contributed by atoms with Gasteiger partial charge < -0.3 is 19.4 Å². The van der Waals surface area contributed by atoms with Crippen molar-refractivity contribution < 1.29 is 14.3 Å². The standard InChI is InChI=1S/C27H36N4O3/c1-4-5-16-34-26(33)31-20-10-11-21(31)18-22(17-20)29-14-12-27(13-15-29)19-30(25(32)28(2)3)24-9-7-6-8-23(24)27/h6-9,20-22H,10-19H2,1-3H3. The van der Waals surface area contributed by atoms with E-state index in [1.807, 2.05) is 30.0 Å². The molecule has 4 aliphatic heterocycles. The van der Waals surface area contributed by atoms with Crippen molar-refractivity contribution in [3.05, 3.63) is 29.8 Å². The quantitative estimate of drug-likeness (QED) is 0.627. The third-order valence-electron chi connectivity index (χ3n) is 8.48. The molecule has 182 valence electrons. The highest BCUT2D eigenvalue weighted by molar-refractivity contribution is 5.95. The minimum absolute atomic E-state index is 0.0442. The van der Waals surface area contributed by atoms with Crippen LogP contribution in [0, 0.1) is 11.8 Å². The molecule has 7 heteroatoms. The summed E-state index contributed by atoms with van der Waals surface area (Å²) in [6, 6.07) is 9.60. The van der Waals surface area contributed by atoms with E-state index in [2.05, 4.69) is 34.9 Å². The van der Waals surface area contributed by atoms with Crippen LogP contribution < -0.4 is 4.90 Å². The van der Waals surface area contributed by atoms with E-state index in [1.165, 1.54) is 5.56 Å². The molecule has 2 unspecified atom stereocenters. The van der Waals surface area contributed by atoms with Gasteiger partial charge in [0.15, 0.2) is 6.61 Å². The normalized spacial score (nSPS) is 27.2. The van der Waals surface area contributed by atoms with Crippen LogP contribution in [-0.4, -0.2) is 85.3 Å². The van der Waals surface area contributed by atoms with Crippen molar-refractivity contribution >= 4 is 17.8 Å². The van der Waals surface area contributed by atoms with Crippen LogP contribution in [0.25, 0.3) is 0 Å². The highest BCUT2D eigenvalue weighted by Gasteiger charge is 2.50. The lowest BCUT2D eigenvalue weighted by atomic mass is 9.73. The second-order valence-electron chi connectivity index (χ2n) is 10.5. The van der Waals surface area contributed by atoms with Gasteiger partial charge in [-0.3, -0.25) is 4.90 Å². The van der Waals surface area contributed by atoms with Crippen molar-refractivity contribution in [2.75, 3.05) is 45.2 Å². The third kappa shape index (κ3) is 3.92. The first-order valence-electron chi connectivity index (χ1n) is 12.6. The van der Waals surface area contributed by atoms with Gasteiger partial charge in [0.1, 0.15) is 0 Å². The number of urea groups is 1. The number of ether oxygens (including phenoxy) is 1. The van der Waals surface area contributed by atoms with Crippen LogP contribution in [0.3, 0.4) is 0 Å². The van der Waals surface area contributed by atoms with Gasteiger partial charge in [-0.2, -0.15) is 0 Å². The first kappa shape index (κ1) is 23.0. The summed E-state index contributed by atoms with van der Waals surface area (Å²) in [5.41, 5.74) is 2.45. The van der Waals surface area contributed by atoms with Crippen molar-refractivity contribution in [2.45, 2.75) is 69.0 Å². The van der Waals surface area contributed by atoms with E-state index in [9.17, 15) is 9.59 Å². The molecule has 0 N–H and O–H groups in total. The zero-order chi connectivity index (χ0) is 23.9. The van der Waals surface area contributed by atoms with Crippen LogP contribution in [0.4, 0.5) is 15.3 Å². The molecule has 3 fully saturated rings. The van der Waals surface area contributed by atoms with E-state index >= 15 is 0 Å². The number of anilines is 1. The Balaban J connectivity index is 1.24. The fourth-order valence-corrected chi connectivity index (χ4v) is 6.78. The van der Waals surface area contributed by atoms with Crippen molar-refractivity contribution in [3.63, 3.8) is 0 Å². The first-order valence-corrected chi connectivity index (χ1v) is 12.6.